The molecule has 1 aromatic heterocycles. The highest BCUT2D eigenvalue weighted by Crippen LogP contribution is 2.37. The predicted molar refractivity (Wildman–Crippen MR) is 127 cm³/mol. The molecule has 1 N–H and O–H groups in total. The minimum absolute atomic E-state index is 0.305. The number of nitrogens with one attached hydrogen (secondary N) is 1. The van der Waals surface area contributed by atoms with E-state index in [2.05, 4.69) is 9.71 Å². The van der Waals surface area contributed by atoms with Crippen molar-refractivity contribution in [3.05, 3.63) is 76.7 Å². The Labute approximate surface area is 198 Å². The van der Waals surface area contributed by atoms with Crippen LogP contribution in [0.3, 0.4) is 0 Å². The molecule has 0 aliphatic rings. The van der Waals surface area contributed by atoms with Gasteiger partial charge in [0, 0.05) is 28.6 Å². The third kappa shape index (κ3) is 4.80. The van der Waals surface area contributed by atoms with Gasteiger partial charge < -0.3 is 18.9 Å². The Bertz CT molecular complexity index is 1290. The molecule has 0 aliphatic carbocycles. The van der Waals surface area contributed by atoms with Gasteiger partial charge in [-0.1, -0.05) is 23.2 Å². The van der Waals surface area contributed by atoms with E-state index in [0.717, 1.165) is 4.90 Å². The normalized spacial score (nSPS) is 10.8. The molecule has 0 unspecified atom stereocenters. The molecule has 0 fully saturated rings. The van der Waals surface area contributed by atoms with Gasteiger partial charge in [-0.05, 0) is 54.4 Å². The van der Waals surface area contributed by atoms with Crippen molar-refractivity contribution in [2.45, 2.75) is 4.90 Å². The van der Waals surface area contributed by atoms with Crippen LogP contribution < -0.4 is 18.9 Å². The minimum atomic E-state index is -0.465. The first-order valence-corrected chi connectivity index (χ1v) is 10.9. The summed E-state index contributed by atoms with van der Waals surface area (Å²) in [4.78, 5) is 5.14. The number of aromatic nitrogens is 1. The fraction of sp³-hybridized carbons (Fsp3) is 0.0870. The summed E-state index contributed by atoms with van der Waals surface area (Å²) in [5.41, 5.74) is 0.969. The van der Waals surface area contributed by atoms with Gasteiger partial charge in [0.15, 0.2) is 17.3 Å². The minimum Gasteiger partial charge on any atom is -0.493 e. The summed E-state index contributed by atoms with van der Waals surface area (Å²) in [5.74, 6) is 1.50. The second-order valence-electron chi connectivity index (χ2n) is 6.56. The van der Waals surface area contributed by atoms with E-state index in [1.807, 2.05) is 0 Å². The molecule has 0 atom stereocenters. The number of fused-ring (bicyclic) bond motifs is 1. The maximum absolute atomic E-state index is 14.7. The van der Waals surface area contributed by atoms with Crippen molar-refractivity contribution in [2.24, 2.45) is 0 Å². The van der Waals surface area contributed by atoms with Gasteiger partial charge in [0.05, 0.1) is 35.5 Å². The van der Waals surface area contributed by atoms with Gasteiger partial charge in [-0.3, -0.25) is 4.98 Å². The van der Waals surface area contributed by atoms with E-state index >= 15 is 0 Å². The molecule has 0 aliphatic heterocycles. The fourth-order valence-corrected chi connectivity index (χ4v) is 4.03. The molecule has 0 saturated heterocycles. The average molecular weight is 491 g/mol. The Morgan fingerprint density at radius 2 is 1.66 bits per heavy atom. The summed E-state index contributed by atoms with van der Waals surface area (Å²) < 4.78 is 34.3. The molecule has 5 nitrogen and oxygen atoms in total. The van der Waals surface area contributed by atoms with Crippen LogP contribution in [0.4, 0.5) is 10.1 Å². The smallest absolute Gasteiger partial charge is 0.162 e. The number of methoxy groups -OCH3 is 2. The van der Waals surface area contributed by atoms with E-state index in [4.69, 9.17) is 37.4 Å². The molecule has 164 valence electrons. The van der Waals surface area contributed by atoms with Crippen LogP contribution in [0.25, 0.3) is 10.9 Å². The van der Waals surface area contributed by atoms with E-state index in [0.29, 0.717) is 49.6 Å². The van der Waals surface area contributed by atoms with E-state index in [1.165, 1.54) is 18.0 Å². The Kier molecular flexibility index (Phi) is 6.79. The summed E-state index contributed by atoms with van der Waals surface area (Å²) in [5, 5.41) is 1.60. The molecule has 3 aromatic carbocycles. The SMILES string of the molecule is COc1cc2nccc(Oc3ccc(NSc4ccc(Cl)c(Cl)c4)c(F)c3)c2cc1OC. The lowest BCUT2D eigenvalue weighted by Crippen LogP contribution is -1.95. The topological polar surface area (TPSA) is 52.6 Å². The second-order valence-corrected chi connectivity index (χ2v) is 8.25. The molecular formula is C23H17Cl2FN2O3S. The molecule has 0 spiro atoms. The highest BCUT2D eigenvalue weighted by Gasteiger charge is 2.12. The lowest BCUT2D eigenvalue weighted by molar-refractivity contribution is 0.355. The summed E-state index contributed by atoms with van der Waals surface area (Å²) in [6.07, 6.45) is 1.61. The van der Waals surface area contributed by atoms with Crippen LogP contribution in [0.1, 0.15) is 0 Å². The Balaban J connectivity index is 1.54. The van der Waals surface area contributed by atoms with Crippen molar-refractivity contribution in [3.8, 4) is 23.0 Å². The second kappa shape index (κ2) is 9.73. The fourth-order valence-electron chi connectivity index (χ4n) is 2.96. The summed E-state index contributed by atoms with van der Waals surface area (Å²) in [7, 11) is 3.11. The van der Waals surface area contributed by atoms with Crippen LogP contribution in [-0.2, 0) is 0 Å². The molecule has 0 saturated carbocycles. The first-order chi connectivity index (χ1) is 15.5. The number of anilines is 1. The third-order valence-electron chi connectivity index (χ3n) is 4.55. The van der Waals surface area contributed by atoms with Gasteiger partial charge in [-0.25, -0.2) is 4.39 Å². The number of rotatable bonds is 7. The Morgan fingerprint density at radius 3 is 2.38 bits per heavy atom. The lowest BCUT2D eigenvalue weighted by Gasteiger charge is -2.13. The third-order valence-corrected chi connectivity index (χ3v) is 6.10. The lowest BCUT2D eigenvalue weighted by atomic mass is 10.2. The number of benzene rings is 3. The van der Waals surface area contributed by atoms with Crippen molar-refractivity contribution < 1.29 is 18.6 Å². The van der Waals surface area contributed by atoms with E-state index in [9.17, 15) is 4.39 Å². The van der Waals surface area contributed by atoms with Crippen LogP contribution in [0.5, 0.6) is 23.0 Å². The van der Waals surface area contributed by atoms with Crippen LogP contribution >= 0.6 is 35.1 Å². The largest absolute Gasteiger partial charge is 0.493 e. The Morgan fingerprint density at radius 1 is 0.875 bits per heavy atom. The first kappa shape index (κ1) is 22.3. The highest BCUT2D eigenvalue weighted by atomic mass is 35.5. The van der Waals surface area contributed by atoms with Gasteiger partial charge in [-0.15, -0.1) is 0 Å². The maximum atomic E-state index is 14.7. The number of ether oxygens (including phenoxy) is 3. The van der Waals surface area contributed by atoms with E-state index < -0.39 is 5.82 Å². The summed E-state index contributed by atoms with van der Waals surface area (Å²) >= 11 is 13.2. The van der Waals surface area contributed by atoms with Crippen LogP contribution in [-0.4, -0.2) is 19.2 Å². The average Bonchev–Trinajstić information content (AvgIpc) is 2.80. The van der Waals surface area contributed by atoms with E-state index in [1.54, 1.807) is 68.9 Å². The standard InChI is InChI=1S/C23H17Cl2FN2O3S/c1-29-22-11-15-20(12-23(22)30-2)27-8-7-21(15)31-13-3-6-19(18(26)9-13)28-32-14-4-5-16(24)17(25)10-14/h3-12,28H,1-2H3. The monoisotopic (exact) mass is 490 g/mol. The zero-order valence-electron chi connectivity index (χ0n) is 17.0. The van der Waals surface area contributed by atoms with Gasteiger partial charge in [0.2, 0.25) is 0 Å². The molecule has 0 bridgehead atoms. The molecule has 9 heteroatoms. The molecule has 0 amide bonds. The van der Waals surface area contributed by atoms with Crippen molar-refractivity contribution in [1.82, 2.24) is 4.98 Å². The predicted octanol–water partition coefficient (Wildman–Crippen LogP) is 7.61. The molecule has 0 radical (unpaired) electrons. The highest BCUT2D eigenvalue weighted by molar-refractivity contribution is 8.00. The van der Waals surface area contributed by atoms with Crippen molar-refractivity contribution in [3.63, 3.8) is 0 Å². The van der Waals surface area contributed by atoms with Crippen LogP contribution in [0.2, 0.25) is 10.0 Å². The molecule has 4 aromatic rings. The number of pyridine rings is 1. The molecular weight excluding hydrogens is 474 g/mol. The summed E-state index contributed by atoms with van der Waals surface area (Å²) in [6, 6.07) is 15.0. The zero-order chi connectivity index (χ0) is 22.7. The molecule has 4 rings (SSSR count). The Hall–Kier alpha value is -2.87. The van der Waals surface area contributed by atoms with Crippen LogP contribution in [0.15, 0.2) is 65.7 Å². The molecule has 1 heterocycles. The van der Waals surface area contributed by atoms with Crippen molar-refractivity contribution in [1.29, 1.82) is 0 Å². The molecule has 32 heavy (non-hydrogen) atoms. The number of halogens is 3. The first-order valence-electron chi connectivity index (χ1n) is 9.34. The van der Waals surface area contributed by atoms with Crippen LogP contribution in [0, 0.1) is 5.82 Å². The van der Waals surface area contributed by atoms with Gasteiger partial charge in [0.1, 0.15) is 11.5 Å². The van der Waals surface area contributed by atoms with Gasteiger partial charge >= 0.3 is 0 Å². The quantitative estimate of drug-likeness (QED) is 0.269. The van der Waals surface area contributed by atoms with Crippen molar-refractivity contribution in [2.75, 3.05) is 18.9 Å². The maximum Gasteiger partial charge on any atom is 0.162 e. The van der Waals surface area contributed by atoms with Gasteiger partial charge in [0.25, 0.3) is 0 Å². The number of hydrogen-bond acceptors (Lipinski definition) is 6. The zero-order valence-corrected chi connectivity index (χ0v) is 19.3. The van der Waals surface area contributed by atoms with Gasteiger partial charge in [-0.2, -0.15) is 0 Å². The number of nitrogens with zero attached hydrogens (tertiary/aromatic N) is 1. The van der Waals surface area contributed by atoms with E-state index in [-0.39, 0.29) is 0 Å². The number of hydrogen-bond donors (Lipinski definition) is 1. The summed E-state index contributed by atoms with van der Waals surface area (Å²) in [6.45, 7) is 0. The van der Waals surface area contributed by atoms with Crippen molar-refractivity contribution >= 4 is 51.7 Å².